The Kier molecular flexibility index (Phi) is 4.97. The largest absolute Gasteiger partial charge is 0.455 e. The number of nitrogens with two attached hydrogens (primary N) is 1. The molecule has 0 atom stereocenters. The van der Waals surface area contributed by atoms with Gasteiger partial charge in [0.1, 0.15) is 5.76 Å². The van der Waals surface area contributed by atoms with E-state index in [0.717, 1.165) is 18.8 Å². The number of nitrogen functional groups attached to an aromatic ring is 1. The van der Waals surface area contributed by atoms with Crippen LogP contribution in [0.3, 0.4) is 0 Å². The Morgan fingerprint density at radius 3 is 2.94 bits per heavy atom. The first-order valence-corrected chi connectivity index (χ1v) is 5.10. The molecule has 4 N–H and O–H groups in total. The molecule has 16 heavy (non-hydrogen) atoms. The lowest BCUT2D eigenvalue weighted by Crippen LogP contribution is -2.29. The predicted molar refractivity (Wildman–Crippen MR) is 60.6 cm³/mol. The van der Waals surface area contributed by atoms with E-state index >= 15 is 0 Å². The number of nitrogens with one attached hydrogen (secondary N) is 2. The van der Waals surface area contributed by atoms with Crippen molar-refractivity contribution >= 4 is 5.91 Å². The van der Waals surface area contributed by atoms with E-state index in [4.69, 9.17) is 10.3 Å². The highest BCUT2D eigenvalue weighted by Gasteiger charge is 2.10. The van der Waals surface area contributed by atoms with Gasteiger partial charge in [0.2, 0.25) is 0 Å². The van der Waals surface area contributed by atoms with Gasteiger partial charge in [0, 0.05) is 13.1 Å². The van der Waals surface area contributed by atoms with Gasteiger partial charge in [0.05, 0.1) is 6.54 Å². The number of carbonyl (C=O) groups is 1. The van der Waals surface area contributed by atoms with Gasteiger partial charge < -0.3 is 9.73 Å². The third-order valence-corrected chi connectivity index (χ3v) is 2.19. The molecule has 6 nitrogen and oxygen atoms in total. The highest BCUT2D eigenvalue weighted by atomic mass is 16.4. The molecule has 0 aromatic carbocycles. The quantitative estimate of drug-likeness (QED) is 0.347. The van der Waals surface area contributed by atoms with E-state index in [-0.39, 0.29) is 5.76 Å². The van der Waals surface area contributed by atoms with Crippen LogP contribution in [0, 0.1) is 0 Å². The topological polar surface area (TPSA) is 83.5 Å². The van der Waals surface area contributed by atoms with Gasteiger partial charge in [-0.1, -0.05) is 0 Å². The van der Waals surface area contributed by atoms with Crippen LogP contribution in [0.2, 0.25) is 0 Å². The summed E-state index contributed by atoms with van der Waals surface area (Å²) in [6.07, 6.45) is 0. The van der Waals surface area contributed by atoms with Crippen molar-refractivity contribution in [2.45, 2.75) is 6.54 Å². The van der Waals surface area contributed by atoms with Crippen molar-refractivity contribution < 1.29 is 9.21 Å². The average Bonchev–Trinajstić information content (AvgIpc) is 2.73. The fourth-order valence-corrected chi connectivity index (χ4v) is 1.30. The highest BCUT2D eigenvalue weighted by molar-refractivity contribution is 5.90. The van der Waals surface area contributed by atoms with E-state index < -0.39 is 5.91 Å². The summed E-state index contributed by atoms with van der Waals surface area (Å²) in [5, 5.41) is 3.06. The molecule has 0 aliphatic rings. The molecule has 0 aliphatic heterocycles. The fraction of sp³-hybridized carbons (Fsp3) is 0.500. The minimum absolute atomic E-state index is 0.236. The molecule has 1 rings (SSSR count). The van der Waals surface area contributed by atoms with E-state index in [1.807, 2.05) is 19.5 Å². The van der Waals surface area contributed by atoms with Crippen molar-refractivity contribution in [2.24, 2.45) is 5.84 Å². The van der Waals surface area contributed by atoms with Crippen molar-refractivity contribution in [3.8, 4) is 0 Å². The van der Waals surface area contributed by atoms with Crippen molar-refractivity contribution in [1.29, 1.82) is 0 Å². The average molecular weight is 226 g/mol. The van der Waals surface area contributed by atoms with Crippen LogP contribution in [0.4, 0.5) is 0 Å². The van der Waals surface area contributed by atoms with Gasteiger partial charge in [-0.2, -0.15) is 0 Å². The van der Waals surface area contributed by atoms with Gasteiger partial charge in [0.25, 0.3) is 0 Å². The van der Waals surface area contributed by atoms with Crippen LogP contribution < -0.4 is 16.6 Å². The third-order valence-electron chi connectivity index (χ3n) is 2.19. The lowest BCUT2D eigenvalue weighted by Gasteiger charge is -2.14. The summed E-state index contributed by atoms with van der Waals surface area (Å²) in [5.41, 5.74) is 2.03. The Hall–Kier alpha value is -1.37. The lowest BCUT2D eigenvalue weighted by atomic mass is 10.4. The van der Waals surface area contributed by atoms with Crippen molar-refractivity contribution in [2.75, 3.05) is 27.2 Å². The molecule has 0 fully saturated rings. The number of furan rings is 1. The number of hydrazine groups is 1. The van der Waals surface area contributed by atoms with Gasteiger partial charge in [-0.05, 0) is 26.2 Å². The molecule has 0 aliphatic carbocycles. The van der Waals surface area contributed by atoms with Crippen molar-refractivity contribution in [3.05, 3.63) is 23.7 Å². The van der Waals surface area contributed by atoms with Crippen molar-refractivity contribution in [1.82, 2.24) is 15.6 Å². The monoisotopic (exact) mass is 226 g/mol. The molecular formula is C10H18N4O2. The van der Waals surface area contributed by atoms with Crippen LogP contribution in [-0.2, 0) is 6.54 Å². The van der Waals surface area contributed by atoms with Crippen LogP contribution in [0.25, 0.3) is 0 Å². The number of rotatable bonds is 6. The molecule has 0 spiro atoms. The first kappa shape index (κ1) is 12.7. The molecule has 0 unspecified atom stereocenters. The van der Waals surface area contributed by atoms with E-state index in [1.165, 1.54) is 0 Å². The molecule has 0 radical (unpaired) electrons. The summed E-state index contributed by atoms with van der Waals surface area (Å²) in [5.74, 6) is 5.57. The zero-order valence-electron chi connectivity index (χ0n) is 9.62. The number of hydrogen-bond acceptors (Lipinski definition) is 5. The van der Waals surface area contributed by atoms with Crippen molar-refractivity contribution in [3.63, 3.8) is 0 Å². The molecule has 1 aromatic rings. The Morgan fingerprint density at radius 1 is 1.56 bits per heavy atom. The SMILES string of the molecule is CNCCN(C)Cc1ccc(C(=O)NN)o1. The molecule has 0 bridgehead atoms. The van der Waals surface area contributed by atoms with Gasteiger partial charge in [-0.3, -0.25) is 15.1 Å². The number of hydrogen-bond donors (Lipinski definition) is 3. The number of amides is 1. The smallest absolute Gasteiger partial charge is 0.300 e. The zero-order valence-corrected chi connectivity index (χ0v) is 9.62. The standard InChI is InChI=1S/C10H18N4O2/c1-12-5-6-14(2)7-8-3-4-9(16-8)10(15)13-11/h3-4,12H,5-7,11H2,1-2H3,(H,13,15). The van der Waals surface area contributed by atoms with E-state index in [9.17, 15) is 4.79 Å². The zero-order chi connectivity index (χ0) is 12.0. The maximum absolute atomic E-state index is 11.1. The summed E-state index contributed by atoms with van der Waals surface area (Å²) < 4.78 is 5.33. The Balaban J connectivity index is 2.48. The summed E-state index contributed by atoms with van der Waals surface area (Å²) in [4.78, 5) is 13.2. The van der Waals surface area contributed by atoms with E-state index in [1.54, 1.807) is 12.1 Å². The molecule has 6 heteroatoms. The third kappa shape index (κ3) is 3.65. The van der Waals surface area contributed by atoms with Crippen LogP contribution in [-0.4, -0.2) is 38.0 Å². The molecule has 1 amide bonds. The predicted octanol–water partition coefficient (Wildman–Crippen LogP) is -0.466. The summed E-state index contributed by atoms with van der Waals surface area (Å²) in [6, 6.07) is 3.39. The number of likely N-dealkylation sites (N-methyl/N-ethyl adjacent to an activating group) is 2. The highest BCUT2D eigenvalue weighted by Crippen LogP contribution is 2.09. The minimum atomic E-state index is -0.413. The van der Waals surface area contributed by atoms with Gasteiger partial charge in [-0.15, -0.1) is 0 Å². The normalized spacial score (nSPS) is 10.8. The van der Waals surface area contributed by atoms with Gasteiger partial charge in [0.15, 0.2) is 5.76 Å². The van der Waals surface area contributed by atoms with Crippen LogP contribution >= 0.6 is 0 Å². The number of carbonyl (C=O) groups excluding carboxylic acids is 1. The second kappa shape index (κ2) is 6.26. The molecule has 1 heterocycles. The first-order chi connectivity index (χ1) is 7.67. The Labute approximate surface area is 94.7 Å². The van der Waals surface area contributed by atoms with Crippen LogP contribution in [0.5, 0.6) is 0 Å². The summed E-state index contributed by atoms with van der Waals surface area (Å²) >= 11 is 0. The Morgan fingerprint density at radius 2 is 2.31 bits per heavy atom. The first-order valence-electron chi connectivity index (χ1n) is 5.10. The Bertz CT molecular complexity index is 337. The maximum Gasteiger partial charge on any atom is 0.300 e. The second-order valence-electron chi connectivity index (χ2n) is 3.58. The summed E-state index contributed by atoms with van der Waals surface area (Å²) in [6.45, 7) is 2.49. The minimum Gasteiger partial charge on any atom is -0.455 e. The van der Waals surface area contributed by atoms with E-state index in [2.05, 4.69) is 10.2 Å². The molecule has 0 saturated carbocycles. The fourth-order valence-electron chi connectivity index (χ4n) is 1.30. The molecule has 1 aromatic heterocycles. The number of nitrogens with zero attached hydrogens (tertiary/aromatic N) is 1. The lowest BCUT2D eigenvalue weighted by molar-refractivity contribution is 0.0922. The van der Waals surface area contributed by atoms with E-state index in [0.29, 0.717) is 6.54 Å². The molecule has 90 valence electrons. The van der Waals surface area contributed by atoms with Crippen LogP contribution in [0.1, 0.15) is 16.3 Å². The molecular weight excluding hydrogens is 208 g/mol. The van der Waals surface area contributed by atoms with Crippen LogP contribution in [0.15, 0.2) is 16.5 Å². The van der Waals surface area contributed by atoms with Gasteiger partial charge >= 0.3 is 5.91 Å². The van der Waals surface area contributed by atoms with Gasteiger partial charge in [-0.25, -0.2) is 5.84 Å². The summed E-state index contributed by atoms with van der Waals surface area (Å²) in [7, 11) is 3.90. The maximum atomic E-state index is 11.1. The second-order valence-corrected chi connectivity index (χ2v) is 3.58. The molecule has 0 saturated heterocycles.